The lowest BCUT2D eigenvalue weighted by atomic mass is 9.97. The molecule has 0 radical (unpaired) electrons. The maximum absolute atomic E-state index is 12.2. The van der Waals surface area contributed by atoms with Crippen LogP contribution in [0.3, 0.4) is 0 Å². The van der Waals surface area contributed by atoms with Crippen LogP contribution in [-0.2, 0) is 16.1 Å². The van der Waals surface area contributed by atoms with Gasteiger partial charge in [-0.1, -0.05) is 44.2 Å². The van der Waals surface area contributed by atoms with Gasteiger partial charge in [0.1, 0.15) is 6.61 Å². The van der Waals surface area contributed by atoms with Crippen LogP contribution in [0.1, 0.15) is 32.3 Å². The van der Waals surface area contributed by atoms with Gasteiger partial charge in [-0.15, -0.1) is 0 Å². The van der Waals surface area contributed by atoms with Crippen molar-refractivity contribution in [3.8, 4) is 0 Å². The van der Waals surface area contributed by atoms with Crippen LogP contribution in [0.15, 0.2) is 30.3 Å². The molecule has 1 aromatic carbocycles. The average Bonchev–Trinajstić information content (AvgIpc) is 2.64. The minimum Gasteiger partial charge on any atom is -0.445 e. The number of nitrogens with one attached hydrogen (secondary N) is 1. The molecule has 2 rings (SSSR count). The molecule has 0 bridgehead atoms. The Morgan fingerprint density at radius 2 is 2.04 bits per heavy atom. The molecule has 2 atom stereocenters. The fourth-order valence-electron chi connectivity index (χ4n) is 2.87. The second-order valence-electron chi connectivity index (χ2n) is 7.01. The van der Waals surface area contributed by atoms with Gasteiger partial charge in [0.05, 0.1) is 6.04 Å². The summed E-state index contributed by atoms with van der Waals surface area (Å²) in [7, 11) is 0. The number of hydrogen-bond acceptors (Lipinski definition) is 4. The van der Waals surface area contributed by atoms with Crippen molar-refractivity contribution in [2.45, 2.75) is 39.3 Å². The molecule has 0 spiro atoms. The molecule has 1 saturated heterocycles. The highest BCUT2D eigenvalue weighted by Crippen LogP contribution is 2.17. The van der Waals surface area contributed by atoms with E-state index in [1.807, 2.05) is 44.2 Å². The summed E-state index contributed by atoms with van der Waals surface area (Å²) in [4.78, 5) is 25.9. The second-order valence-corrected chi connectivity index (χ2v) is 7.01. The standard InChI is InChI=1S/C19H29N3O3/c1-14(2)17(20)18(23)21-11-16-9-6-10-22(12-16)19(24)25-13-15-7-4-3-5-8-15/h3-5,7-8,14,16-17H,6,9-13,20H2,1-2H3,(H,21,23). The topological polar surface area (TPSA) is 84.7 Å². The van der Waals surface area contributed by atoms with Crippen LogP contribution in [0.2, 0.25) is 0 Å². The van der Waals surface area contributed by atoms with E-state index in [0.717, 1.165) is 18.4 Å². The Labute approximate surface area is 149 Å². The van der Waals surface area contributed by atoms with Crippen molar-refractivity contribution < 1.29 is 14.3 Å². The van der Waals surface area contributed by atoms with E-state index in [-0.39, 0.29) is 30.4 Å². The van der Waals surface area contributed by atoms with E-state index in [4.69, 9.17) is 10.5 Å². The Hall–Kier alpha value is -2.08. The number of nitrogens with two attached hydrogens (primary N) is 1. The molecule has 138 valence electrons. The molecule has 2 unspecified atom stereocenters. The van der Waals surface area contributed by atoms with Crippen molar-refractivity contribution in [1.29, 1.82) is 0 Å². The smallest absolute Gasteiger partial charge is 0.410 e. The van der Waals surface area contributed by atoms with E-state index in [0.29, 0.717) is 19.6 Å². The van der Waals surface area contributed by atoms with Gasteiger partial charge in [0, 0.05) is 19.6 Å². The lowest BCUT2D eigenvalue weighted by Gasteiger charge is -2.32. The molecule has 1 aliphatic heterocycles. The Morgan fingerprint density at radius 1 is 1.32 bits per heavy atom. The molecule has 1 aromatic rings. The number of hydrogen-bond donors (Lipinski definition) is 2. The minimum absolute atomic E-state index is 0.107. The summed E-state index contributed by atoms with van der Waals surface area (Å²) in [5.41, 5.74) is 6.82. The Balaban J connectivity index is 1.76. The van der Waals surface area contributed by atoms with E-state index in [1.54, 1.807) is 4.90 Å². The quantitative estimate of drug-likeness (QED) is 0.826. The normalized spacial score (nSPS) is 18.7. The summed E-state index contributed by atoms with van der Waals surface area (Å²) < 4.78 is 5.39. The van der Waals surface area contributed by atoms with E-state index < -0.39 is 6.04 Å². The van der Waals surface area contributed by atoms with Gasteiger partial charge >= 0.3 is 6.09 Å². The molecule has 25 heavy (non-hydrogen) atoms. The minimum atomic E-state index is -0.490. The zero-order chi connectivity index (χ0) is 18.2. The SMILES string of the molecule is CC(C)C(N)C(=O)NCC1CCCN(C(=O)OCc2ccccc2)C1. The number of rotatable bonds is 6. The Morgan fingerprint density at radius 3 is 2.72 bits per heavy atom. The van der Waals surface area contributed by atoms with Crippen molar-refractivity contribution in [1.82, 2.24) is 10.2 Å². The van der Waals surface area contributed by atoms with Crippen LogP contribution in [0.25, 0.3) is 0 Å². The predicted molar refractivity (Wildman–Crippen MR) is 96.7 cm³/mol. The molecular formula is C19H29N3O3. The van der Waals surface area contributed by atoms with Gasteiger partial charge in [-0.25, -0.2) is 4.79 Å². The number of carbonyl (C=O) groups excluding carboxylic acids is 2. The van der Waals surface area contributed by atoms with Crippen molar-refractivity contribution in [3.05, 3.63) is 35.9 Å². The summed E-state index contributed by atoms with van der Waals surface area (Å²) in [6.07, 6.45) is 1.61. The molecule has 6 nitrogen and oxygen atoms in total. The number of nitrogens with zero attached hydrogens (tertiary/aromatic N) is 1. The molecular weight excluding hydrogens is 318 g/mol. The maximum atomic E-state index is 12.2. The Bertz CT molecular complexity index is 562. The van der Waals surface area contributed by atoms with Gasteiger partial charge in [-0.2, -0.15) is 0 Å². The zero-order valence-electron chi connectivity index (χ0n) is 15.1. The van der Waals surface area contributed by atoms with Gasteiger partial charge in [0.25, 0.3) is 0 Å². The lowest BCUT2D eigenvalue weighted by Crippen LogP contribution is -2.48. The molecule has 6 heteroatoms. The molecule has 0 saturated carbocycles. The summed E-state index contributed by atoms with van der Waals surface area (Å²) in [5.74, 6) is 0.218. The van der Waals surface area contributed by atoms with E-state index >= 15 is 0 Å². The van der Waals surface area contributed by atoms with Crippen LogP contribution in [0, 0.1) is 11.8 Å². The van der Waals surface area contributed by atoms with Gasteiger partial charge in [0.15, 0.2) is 0 Å². The number of amides is 2. The van der Waals surface area contributed by atoms with Crippen LogP contribution >= 0.6 is 0 Å². The number of likely N-dealkylation sites (tertiary alicyclic amines) is 1. The van der Waals surface area contributed by atoms with Crippen LogP contribution in [-0.4, -0.2) is 42.6 Å². The summed E-state index contributed by atoms with van der Waals surface area (Å²) in [5, 5.41) is 2.91. The van der Waals surface area contributed by atoms with Gasteiger partial charge in [0.2, 0.25) is 5.91 Å². The fourth-order valence-corrected chi connectivity index (χ4v) is 2.87. The third kappa shape index (κ3) is 6.05. The fraction of sp³-hybridized carbons (Fsp3) is 0.579. The van der Waals surface area contributed by atoms with Gasteiger partial charge in [-0.05, 0) is 30.2 Å². The maximum Gasteiger partial charge on any atom is 0.410 e. The second kappa shape index (κ2) is 9.42. The number of piperidine rings is 1. The van der Waals surface area contributed by atoms with Crippen molar-refractivity contribution in [2.24, 2.45) is 17.6 Å². The third-order valence-corrected chi connectivity index (χ3v) is 4.57. The monoisotopic (exact) mass is 347 g/mol. The van der Waals surface area contributed by atoms with E-state index in [9.17, 15) is 9.59 Å². The van der Waals surface area contributed by atoms with Crippen LogP contribution < -0.4 is 11.1 Å². The molecule has 1 heterocycles. The Kier molecular flexibility index (Phi) is 7.25. The summed E-state index contributed by atoms with van der Waals surface area (Å²) in [6.45, 7) is 5.97. The first-order valence-electron chi connectivity index (χ1n) is 8.96. The summed E-state index contributed by atoms with van der Waals surface area (Å²) in [6, 6.07) is 9.14. The first-order valence-corrected chi connectivity index (χ1v) is 8.96. The zero-order valence-corrected chi connectivity index (χ0v) is 15.1. The highest BCUT2D eigenvalue weighted by Gasteiger charge is 2.26. The van der Waals surface area contributed by atoms with Crippen LogP contribution in [0.5, 0.6) is 0 Å². The first kappa shape index (κ1) is 19.2. The predicted octanol–water partition coefficient (Wildman–Crippen LogP) is 2.13. The van der Waals surface area contributed by atoms with Gasteiger partial charge in [-0.3, -0.25) is 4.79 Å². The van der Waals surface area contributed by atoms with Crippen molar-refractivity contribution >= 4 is 12.0 Å². The van der Waals surface area contributed by atoms with E-state index in [1.165, 1.54) is 0 Å². The lowest BCUT2D eigenvalue weighted by molar-refractivity contribution is -0.123. The van der Waals surface area contributed by atoms with E-state index in [2.05, 4.69) is 5.32 Å². The van der Waals surface area contributed by atoms with Crippen molar-refractivity contribution in [2.75, 3.05) is 19.6 Å². The molecule has 2 amide bonds. The number of benzene rings is 1. The first-order chi connectivity index (χ1) is 12.0. The number of carbonyl (C=O) groups is 2. The molecule has 0 aliphatic carbocycles. The molecule has 1 fully saturated rings. The van der Waals surface area contributed by atoms with Crippen LogP contribution in [0.4, 0.5) is 4.79 Å². The number of ether oxygens (including phenoxy) is 1. The highest BCUT2D eigenvalue weighted by atomic mass is 16.6. The average molecular weight is 347 g/mol. The molecule has 3 N–H and O–H groups in total. The van der Waals surface area contributed by atoms with Gasteiger partial charge < -0.3 is 20.7 Å². The van der Waals surface area contributed by atoms with Crippen molar-refractivity contribution in [3.63, 3.8) is 0 Å². The largest absolute Gasteiger partial charge is 0.445 e. The third-order valence-electron chi connectivity index (χ3n) is 4.57. The highest BCUT2D eigenvalue weighted by molar-refractivity contribution is 5.81. The molecule has 1 aliphatic rings. The summed E-state index contributed by atoms with van der Waals surface area (Å²) >= 11 is 0. The molecule has 0 aromatic heterocycles.